The number of likely N-dealkylation sites (tertiary alicyclic amines) is 1. The molecule has 0 spiro atoms. The molecule has 1 fully saturated rings. The molecular formula is C16H22N4O. The number of rotatable bonds is 3. The molecule has 1 amide bonds. The van der Waals surface area contributed by atoms with Crippen LogP contribution in [0.5, 0.6) is 0 Å². The lowest BCUT2D eigenvalue weighted by molar-refractivity contribution is -0.132. The van der Waals surface area contributed by atoms with Gasteiger partial charge in [0.05, 0.1) is 11.0 Å². The van der Waals surface area contributed by atoms with Crippen LogP contribution in [-0.2, 0) is 11.3 Å². The van der Waals surface area contributed by atoms with Crippen LogP contribution in [0.2, 0.25) is 0 Å². The van der Waals surface area contributed by atoms with Crippen molar-refractivity contribution in [3.63, 3.8) is 0 Å². The Morgan fingerprint density at radius 1 is 1.29 bits per heavy atom. The number of aromatic nitrogens is 2. The maximum atomic E-state index is 12.3. The molecule has 2 N–H and O–H groups in total. The van der Waals surface area contributed by atoms with E-state index in [1.54, 1.807) is 0 Å². The maximum Gasteiger partial charge on any atom is 0.224 e. The van der Waals surface area contributed by atoms with Gasteiger partial charge in [0.25, 0.3) is 0 Å². The number of amides is 1. The summed E-state index contributed by atoms with van der Waals surface area (Å²) < 4.78 is 2.11. The summed E-state index contributed by atoms with van der Waals surface area (Å²) in [5, 5.41) is 0. The van der Waals surface area contributed by atoms with Crippen molar-refractivity contribution < 1.29 is 4.79 Å². The fourth-order valence-corrected chi connectivity index (χ4v) is 3.06. The molecule has 0 unspecified atom stereocenters. The number of carbonyl (C=O) groups is 1. The molecule has 112 valence electrons. The van der Waals surface area contributed by atoms with Gasteiger partial charge in [0, 0.05) is 31.7 Å². The molecule has 2 aromatic rings. The summed E-state index contributed by atoms with van der Waals surface area (Å²) in [5.74, 6) is 1.19. The summed E-state index contributed by atoms with van der Waals surface area (Å²) in [6.45, 7) is 4.49. The van der Waals surface area contributed by atoms with Gasteiger partial charge in [0.15, 0.2) is 0 Å². The third-order valence-corrected chi connectivity index (χ3v) is 4.22. The van der Waals surface area contributed by atoms with Gasteiger partial charge in [-0.15, -0.1) is 0 Å². The third kappa shape index (κ3) is 2.86. The van der Waals surface area contributed by atoms with Crippen molar-refractivity contribution in [3.05, 3.63) is 24.0 Å². The minimum atomic E-state index is 0.256. The highest BCUT2D eigenvalue weighted by molar-refractivity contribution is 5.80. The van der Waals surface area contributed by atoms with E-state index < -0.39 is 0 Å². The molecule has 1 aliphatic rings. The third-order valence-electron chi connectivity index (χ3n) is 4.22. The van der Waals surface area contributed by atoms with Gasteiger partial charge < -0.3 is 15.2 Å². The summed E-state index contributed by atoms with van der Waals surface area (Å²) in [6, 6.07) is 5.74. The van der Waals surface area contributed by atoms with Gasteiger partial charge in [-0.3, -0.25) is 4.79 Å². The number of anilines is 1. The average molecular weight is 286 g/mol. The number of benzene rings is 1. The van der Waals surface area contributed by atoms with Crippen LogP contribution in [-0.4, -0.2) is 33.4 Å². The number of nitrogens with two attached hydrogens (primary N) is 1. The number of imidazole rings is 1. The van der Waals surface area contributed by atoms with Crippen molar-refractivity contribution in [2.45, 2.75) is 39.2 Å². The summed E-state index contributed by atoms with van der Waals surface area (Å²) in [6.07, 6.45) is 4.06. The van der Waals surface area contributed by atoms with Crippen LogP contribution in [0, 0.1) is 6.92 Å². The highest BCUT2D eigenvalue weighted by atomic mass is 16.2. The first-order valence-corrected chi connectivity index (χ1v) is 7.65. The molecule has 1 aliphatic heterocycles. The molecular weight excluding hydrogens is 264 g/mol. The number of hydrogen-bond donors (Lipinski definition) is 1. The highest BCUT2D eigenvalue weighted by Gasteiger charge is 2.17. The lowest BCUT2D eigenvalue weighted by Crippen LogP contribution is -2.36. The Hall–Kier alpha value is -2.04. The Labute approximate surface area is 124 Å². The van der Waals surface area contributed by atoms with Crippen molar-refractivity contribution in [3.8, 4) is 0 Å². The molecule has 0 atom stereocenters. The number of fused-ring (bicyclic) bond motifs is 1. The highest BCUT2D eigenvalue weighted by Crippen LogP contribution is 2.19. The SMILES string of the molecule is Cc1nc2cc(N)ccc2n1CCC(=O)N1CCCCC1. The summed E-state index contributed by atoms with van der Waals surface area (Å²) in [7, 11) is 0. The number of nitrogen functional groups attached to an aromatic ring is 1. The molecule has 1 aromatic carbocycles. The van der Waals surface area contributed by atoms with Crippen LogP contribution in [0.4, 0.5) is 5.69 Å². The summed E-state index contributed by atoms with van der Waals surface area (Å²) >= 11 is 0. The number of hydrogen-bond acceptors (Lipinski definition) is 3. The quantitative estimate of drug-likeness (QED) is 0.881. The first kappa shape index (κ1) is 13.9. The second-order valence-electron chi connectivity index (χ2n) is 5.75. The van der Waals surface area contributed by atoms with Crippen LogP contribution in [0.3, 0.4) is 0 Å². The Bertz CT molecular complexity index is 656. The first-order chi connectivity index (χ1) is 10.1. The molecule has 5 heteroatoms. The van der Waals surface area contributed by atoms with Crippen molar-refractivity contribution in [2.24, 2.45) is 0 Å². The van der Waals surface area contributed by atoms with Crippen LogP contribution in [0.25, 0.3) is 11.0 Å². The molecule has 0 radical (unpaired) electrons. The molecule has 0 bridgehead atoms. The van der Waals surface area contributed by atoms with E-state index in [0.717, 1.165) is 48.5 Å². The zero-order valence-electron chi connectivity index (χ0n) is 12.5. The maximum absolute atomic E-state index is 12.3. The average Bonchev–Trinajstić information content (AvgIpc) is 2.80. The van der Waals surface area contributed by atoms with Crippen molar-refractivity contribution in [1.29, 1.82) is 0 Å². The number of piperidine rings is 1. The van der Waals surface area contributed by atoms with E-state index in [2.05, 4.69) is 9.55 Å². The van der Waals surface area contributed by atoms with Gasteiger partial charge in [-0.1, -0.05) is 0 Å². The topological polar surface area (TPSA) is 64.1 Å². The largest absolute Gasteiger partial charge is 0.399 e. The Balaban J connectivity index is 1.72. The summed E-state index contributed by atoms with van der Waals surface area (Å²) in [5.41, 5.74) is 8.46. The van der Waals surface area contributed by atoms with Gasteiger partial charge in [0.2, 0.25) is 5.91 Å². The standard InChI is InChI=1S/C16H22N4O/c1-12-18-14-11-13(17)5-6-15(14)20(12)10-7-16(21)19-8-3-2-4-9-19/h5-6,11H,2-4,7-10,17H2,1H3. The van der Waals surface area contributed by atoms with Gasteiger partial charge >= 0.3 is 0 Å². The minimum absolute atomic E-state index is 0.256. The van der Waals surface area contributed by atoms with Crippen LogP contribution in [0.15, 0.2) is 18.2 Å². The number of aryl methyl sites for hydroxylation is 2. The predicted octanol–water partition coefficient (Wildman–Crippen LogP) is 2.33. The smallest absolute Gasteiger partial charge is 0.224 e. The fraction of sp³-hybridized carbons (Fsp3) is 0.500. The minimum Gasteiger partial charge on any atom is -0.399 e. The molecule has 0 saturated carbocycles. The zero-order chi connectivity index (χ0) is 14.8. The zero-order valence-corrected chi connectivity index (χ0v) is 12.5. The monoisotopic (exact) mass is 286 g/mol. The van der Waals surface area contributed by atoms with Crippen LogP contribution in [0.1, 0.15) is 31.5 Å². The van der Waals surface area contributed by atoms with E-state index in [-0.39, 0.29) is 5.91 Å². The first-order valence-electron chi connectivity index (χ1n) is 7.65. The normalized spacial score (nSPS) is 15.6. The van der Waals surface area contributed by atoms with Crippen LogP contribution >= 0.6 is 0 Å². The van der Waals surface area contributed by atoms with E-state index >= 15 is 0 Å². The molecule has 1 aromatic heterocycles. The van der Waals surface area contributed by atoms with Gasteiger partial charge in [-0.2, -0.15) is 0 Å². The fourth-order valence-electron chi connectivity index (χ4n) is 3.06. The van der Waals surface area contributed by atoms with Gasteiger partial charge in [-0.05, 0) is 44.4 Å². The molecule has 3 rings (SSSR count). The van der Waals surface area contributed by atoms with Crippen molar-refractivity contribution in [2.75, 3.05) is 18.8 Å². The van der Waals surface area contributed by atoms with Crippen molar-refractivity contribution >= 4 is 22.6 Å². The van der Waals surface area contributed by atoms with Gasteiger partial charge in [0.1, 0.15) is 5.82 Å². The van der Waals surface area contributed by atoms with E-state index in [4.69, 9.17) is 5.73 Å². The molecule has 21 heavy (non-hydrogen) atoms. The Morgan fingerprint density at radius 3 is 2.81 bits per heavy atom. The lowest BCUT2D eigenvalue weighted by atomic mass is 10.1. The summed E-state index contributed by atoms with van der Waals surface area (Å²) in [4.78, 5) is 18.8. The van der Waals surface area contributed by atoms with E-state index in [1.165, 1.54) is 6.42 Å². The molecule has 2 heterocycles. The van der Waals surface area contributed by atoms with E-state index in [9.17, 15) is 4.79 Å². The Morgan fingerprint density at radius 2 is 2.05 bits per heavy atom. The van der Waals surface area contributed by atoms with Crippen molar-refractivity contribution in [1.82, 2.24) is 14.5 Å². The van der Waals surface area contributed by atoms with E-state index in [0.29, 0.717) is 13.0 Å². The second-order valence-corrected chi connectivity index (χ2v) is 5.75. The molecule has 5 nitrogen and oxygen atoms in total. The Kier molecular flexibility index (Phi) is 3.82. The predicted molar refractivity (Wildman–Crippen MR) is 83.9 cm³/mol. The van der Waals surface area contributed by atoms with E-state index in [1.807, 2.05) is 30.0 Å². The van der Waals surface area contributed by atoms with Gasteiger partial charge in [-0.25, -0.2) is 4.98 Å². The number of nitrogens with zero attached hydrogens (tertiary/aromatic N) is 3. The molecule has 1 saturated heterocycles. The lowest BCUT2D eigenvalue weighted by Gasteiger charge is -2.26. The molecule has 0 aliphatic carbocycles. The van der Waals surface area contributed by atoms with Crippen LogP contribution < -0.4 is 5.73 Å². The number of carbonyl (C=O) groups excluding carboxylic acids is 1. The second kappa shape index (κ2) is 5.76.